The molecule has 1 amide bonds. The van der Waals surface area contributed by atoms with Crippen LogP contribution in [0.15, 0.2) is 23.3 Å². The summed E-state index contributed by atoms with van der Waals surface area (Å²) in [6, 6.07) is 0. The van der Waals surface area contributed by atoms with Gasteiger partial charge in [-0.05, 0) is 27.2 Å². The molecule has 14 heavy (non-hydrogen) atoms. The van der Waals surface area contributed by atoms with Crippen molar-refractivity contribution >= 4 is 5.91 Å². The highest BCUT2D eigenvalue weighted by Crippen LogP contribution is 2.08. The van der Waals surface area contributed by atoms with Gasteiger partial charge in [0.1, 0.15) is 0 Å². The maximum absolute atomic E-state index is 11.2. The highest BCUT2D eigenvalue weighted by atomic mass is 16.1. The molecule has 2 nitrogen and oxygen atoms in total. The second-order valence-corrected chi connectivity index (χ2v) is 3.41. The van der Waals surface area contributed by atoms with E-state index in [1.807, 2.05) is 26.8 Å². The predicted molar refractivity (Wildman–Crippen MR) is 61.1 cm³/mol. The lowest BCUT2D eigenvalue weighted by Crippen LogP contribution is -2.22. The summed E-state index contributed by atoms with van der Waals surface area (Å²) in [6.45, 7) is 8.90. The van der Waals surface area contributed by atoms with Gasteiger partial charge in [-0.1, -0.05) is 30.2 Å². The Bertz CT molecular complexity index is 239. The highest BCUT2D eigenvalue weighted by Gasteiger charge is 1.97. The molecule has 0 bridgehead atoms. The monoisotopic (exact) mass is 195 g/mol. The first kappa shape index (κ1) is 12.9. The van der Waals surface area contributed by atoms with Crippen LogP contribution in [0.25, 0.3) is 0 Å². The molecule has 0 aromatic rings. The summed E-state index contributed by atoms with van der Waals surface area (Å²) in [5.74, 6) is 0.107. The molecule has 0 aromatic heterocycles. The topological polar surface area (TPSA) is 29.1 Å². The Balaban J connectivity index is 3.96. The molecule has 0 radical (unpaired) electrons. The summed E-state index contributed by atoms with van der Waals surface area (Å²) >= 11 is 0. The molecule has 0 atom stereocenters. The molecule has 2 heteroatoms. The minimum atomic E-state index is 0.107. The second kappa shape index (κ2) is 7.36. The van der Waals surface area contributed by atoms with Crippen LogP contribution in [-0.4, -0.2) is 12.5 Å². The van der Waals surface area contributed by atoms with Gasteiger partial charge < -0.3 is 5.32 Å². The average molecular weight is 195 g/mol. The lowest BCUT2D eigenvalue weighted by Gasteiger charge is -2.02. The molecule has 0 aliphatic rings. The van der Waals surface area contributed by atoms with Crippen LogP contribution in [0.4, 0.5) is 0 Å². The van der Waals surface area contributed by atoms with Gasteiger partial charge in [-0.15, -0.1) is 0 Å². The Morgan fingerprint density at radius 1 is 1.29 bits per heavy atom. The molecule has 0 fully saturated rings. The SMILES string of the molecule is C/C=C(C)\C(C)=C/CC(=O)NCCC. The van der Waals surface area contributed by atoms with Crippen molar-refractivity contribution in [1.82, 2.24) is 5.32 Å². The van der Waals surface area contributed by atoms with Crippen LogP contribution >= 0.6 is 0 Å². The maximum atomic E-state index is 11.2. The summed E-state index contributed by atoms with van der Waals surface area (Å²) in [5, 5.41) is 2.84. The smallest absolute Gasteiger partial charge is 0.223 e. The fraction of sp³-hybridized carbons (Fsp3) is 0.583. The third kappa shape index (κ3) is 5.57. The third-order valence-electron chi connectivity index (χ3n) is 2.22. The minimum absolute atomic E-state index is 0.107. The first-order chi connectivity index (χ1) is 6.61. The van der Waals surface area contributed by atoms with Crippen LogP contribution in [0.3, 0.4) is 0 Å². The summed E-state index contributed by atoms with van der Waals surface area (Å²) in [7, 11) is 0. The van der Waals surface area contributed by atoms with Crippen molar-refractivity contribution in [3.05, 3.63) is 23.3 Å². The maximum Gasteiger partial charge on any atom is 0.223 e. The van der Waals surface area contributed by atoms with Gasteiger partial charge in [-0.3, -0.25) is 4.79 Å². The predicted octanol–water partition coefficient (Wildman–Crippen LogP) is 2.82. The van der Waals surface area contributed by atoms with Crippen molar-refractivity contribution in [3.8, 4) is 0 Å². The Labute approximate surface area is 87.1 Å². The lowest BCUT2D eigenvalue weighted by molar-refractivity contribution is -0.120. The number of hydrogen-bond donors (Lipinski definition) is 1. The number of nitrogens with one attached hydrogen (secondary N) is 1. The number of amides is 1. The van der Waals surface area contributed by atoms with E-state index in [1.54, 1.807) is 0 Å². The summed E-state index contributed by atoms with van der Waals surface area (Å²) in [5.41, 5.74) is 2.41. The minimum Gasteiger partial charge on any atom is -0.356 e. The standard InChI is InChI=1S/C12H21NO/c1-5-9-13-12(14)8-7-11(4)10(3)6-2/h6-7H,5,8-9H2,1-4H3,(H,13,14)/b10-6-,11-7-. The fourth-order valence-electron chi connectivity index (χ4n) is 0.971. The molecule has 0 saturated heterocycles. The number of hydrogen-bond acceptors (Lipinski definition) is 1. The fourth-order valence-corrected chi connectivity index (χ4v) is 0.971. The van der Waals surface area contributed by atoms with E-state index in [2.05, 4.69) is 18.3 Å². The molecule has 80 valence electrons. The molecule has 0 aliphatic carbocycles. The number of allylic oxidation sites excluding steroid dienone is 3. The Kier molecular flexibility index (Phi) is 6.81. The second-order valence-electron chi connectivity index (χ2n) is 3.41. The zero-order chi connectivity index (χ0) is 11.0. The van der Waals surface area contributed by atoms with E-state index >= 15 is 0 Å². The molecule has 0 heterocycles. The van der Waals surface area contributed by atoms with Crippen molar-refractivity contribution in [2.45, 2.75) is 40.5 Å². The van der Waals surface area contributed by atoms with E-state index in [4.69, 9.17) is 0 Å². The van der Waals surface area contributed by atoms with Crippen LogP contribution in [0.5, 0.6) is 0 Å². The average Bonchev–Trinajstić information content (AvgIpc) is 2.21. The molecule has 0 aliphatic heterocycles. The van der Waals surface area contributed by atoms with Gasteiger partial charge >= 0.3 is 0 Å². The summed E-state index contributed by atoms with van der Waals surface area (Å²) in [6.07, 6.45) is 5.50. The zero-order valence-electron chi connectivity index (χ0n) is 9.68. The van der Waals surface area contributed by atoms with Crippen LogP contribution in [0, 0.1) is 0 Å². The van der Waals surface area contributed by atoms with E-state index in [1.165, 1.54) is 11.1 Å². The molecule has 0 saturated carbocycles. The zero-order valence-corrected chi connectivity index (χ0v) is 9.68. The molecule has 0 aromatic carbocycles. The first-order valence-corrected chi connectivity index (χ1v) is 5.18. The van der Waals surface area contributed by atoms with Crippen molar-refractivity contribution in [1.29, 1.82) is 0 Å². The quantitative estimate of drug-likeness (QED) is 0.671. The molecule has 0 spiro atoms. The molecule has 0 unspecified atom stereocenters. The first-order valence-electron chi connectivity index (χ1n) is 5.18. The van der Waals surface area contributed by atoms with Crippen molar-refractivity contribution in [2.24, 2.45) is 0 Å². The van der Waals surface area contributed by atoms with Crippen LogP contribution in [-0.2, 0) is 4.79 Å². The van der Waals surface area contributed by atoms with E-state index in [-0.39, 0.29) is 5.91 Å². The van der Waals surface area contributed by atoms with Gasteiger partial charge in [-0.25, -0.2) is 0 Å². The number of carbonyl (C=O) groups excluding carboxylic acids is 1. The largest absolute Gasteiger partial charge is 0.356 e. The highest BCUT2D eigenvalue weighted by molar-refractivity contribution is 5.77. The van der Waals surface area contributed by atoms with Gasteiger partial charge in [-0.2, -0.15) is 0 Å². The van der Waals surface area contributed by atoms with E-state index in [0.29, 0.717) is 6.42 Å². The molecular formula is C12H21NO. The van der Waals surface area contributed by atoms with E-state index in [0.717, 1.165) is 13.0 Å². The molecule has 0 rings (SSSR count). The third-order valence-corrected chi connectivity index (χ3v) is 2.22. The van der Waals surface area contributed by atoms with Crippen molar-refractivity contribution in [2.75, 3.05) is 6.54 Å². The van der Waals surface area contributed by atoms with Gasteiger partial charge in [0.25, 0.3) is 0 Å². The van der Waals surface area contributed by atoms with E-state index in [9.17, 15) is 4.79 Å². The molecule has 1 N–H and O–H groups in total. The van der Waals surface area contributed by atoms with Gasteiger partial charge in [0.05, 0.1) is 0 Å². The Morgan fingerprint density at radius 2 is 1.93 bits per heavy atom. The van der Waals surface area contributed by atoms with Gasteiger partial charge in [0.2, 0.25) is 5.91 Å². The van der Waals surface area contributed by atoms with Crippen LogP contribution < -0.4 is 5.32 Å². The Morgan fingerprint density at radius 3 is 2.43 bits per heavy atom. The summed E-state index contributed by atoms with van der Waals surface area (Å²) in [4.78, 5) is 11.2. The van der Waals surface area contributed by atoms with Gasteiger partial charge in [0.15, 0.2) is 0 Å². The number of carbonyl (C=O) groups is 1. The molecular weight excluding hydrogens is 174 g/mol. The van der Waals surface area contributed by atoms with Crippen LogP contribution in [0.1, 0.15) is 40.5 Å². The summed E-state index contributed by atoms with van der Waals surface area (Å²) < 4.78 is 0. The van der Waals surface area contributed by atoms with Crippen LogP contribution in [0.2, 0.25) is 0 Å². The van der Waals surface area contributed by atoms with E-state index < -0.39 is 0 Å². The van der Waals surface area contributed by atoms with Gasteiger partial charge in [0, 0.05) is 13.0 Å². The van der Waals surface area contributed by atoms with Crippen molar-refractivity contribution < 1.29 is 4.79 Å². The Hall–Kier alpha value is -1.05. The normalized spacial score (nSPS) is 12.9. The lowest BCUT2D eigenvalue weighted by atomic mass is 10.1. The van der Waals surface area contributed by atoms with Crippen molar-refractivity contribution in [3.63, 3.8) is 0 Å². The number of rotatable bonds is 5.